The van der Waals surface area contributed by atoms with Gasteiger partial charge in [0, 0.05) is 15.5 Å². The van der Waals surface area contributed by atoms with E-state index in [4.69, 9.17) is 4.74 Å². The molecule has 0 aliphatic heterocycles. The van der Waals surface area contributed by atoms with Gasteiger partial charge in [-0.15, -0.1) is 0 Å². The summed E-state index contributed by atoms with van der Waals surface area (Å²) in [5, 5.41) is -0.114. The quantitative estimate of drug-likeness (QED) is 0.734. The molecule has 0 N–H and O–H groups in total. The molecule has 0 amide bonds. The van der Waals surface area contributed by atoms with Gasteiger partial charge in [0.1, 0.15) is 23.5 Å². The van der Waals surface area contributed by atoms with E-state index < -0.39 is 0 Å². The number of ether oxygens (including phenoxy) is 1. The lowest BCUT2D eigenvalue weighted by Gasteiger charge is -2.42. The molecule has 1 saturated carbocycles. The lowest BCUT2D eigenvalue weighted by Crippen LogP contribution is -2.46. The molecule has 0 heterocycles. The highest BCUT2D eigenvalue weighted by Gasteiger charge is 2.49. The van der Waals surface area contributed by atoms with Gasteiger partial charge in [-0.05, 0) is 54.6 Å². The van der Waals surface area contributed by atoms with E-state index in [1.165, 1.54) is 5.56 Å². The van der Waals surface area contributed by atoms with Crippen LogP contribution < -0.4 is 0 Å². The van der Waals surface area contributed by atoms with Crippen LogP contribution in [0.1, 0.15) is 42.1 Å². The number of carbonyl (C=O) groups excluding carboxylic acids is 1. The highest BCUT2D eigenvalue weighted by atomic mass is 79.9. The normalized spacial score (nSPS) is 31.5. The maximum absolute atomic E-state index is 13.0. The Bertz CT molecular complexity index is 614. The Hall–Kier alpha value is -0.475. The van der Waals surface area contributed by atoms with Crippen LogP contribution in [-0.4, -0.2) is 40.7 Å². The fourth-order valence-electron chi connectivity index (χ4n) is 4.19. The number of rotatable bonds is 2. The minimum atomic E-state index is -0.180. The maximum Gasteiger partial charge on any atom is 0.169 e. The summed E-state index contributed by atoms with van der Waals surface area (Å²) in [6, 6.07) is 6.15. The fourth-order valence-corrected chi connectivity index (χ4v) is 4.55. The van der Waals surface area contributed by atoms with Crippen LogP contribution in [0.25, 0.3) is 0 Å². The third-order valence-corrected chi connectivity index (χ3v) is 5.58. The van der Waals surface area contributed by atoms with Crippen molar-refractivity contribution >= 4 is 45.3 Å². The van der Waals surface area contributed by atoms with Crippen molar-refractivity contribution in [1.82, 2.24) is 0 Å². The van der Waals surface area contributed by atoms with Crippen molar-refractivity contribution < 1.29 is 9.53 Å². The summed E-state index contributed by atoms with van der Waals surface area (Å²) in [6.45, 7) is 2.24. The minimum absolute atomic E-state index is 0.114. The summed E-state index contributed by atoms with van der Waals surface area (Å²) in [7, 11) is 6.33. The molecule has 114 valence electrons. The molecule has 22 heavy (non-hydrogen) atoms. The van der Waals surface area contributed by atoms with E-state index in [-0.39, 0.29) is 16.8 Å². The molecule has 2 aliphatic carbocycles. The van der Waals surface area contributed by atoms with E-state index in [0.717, 1.165) is 35.7 Å². The minimum Gasteiger partial charge on any atom is -0.397 e. The Morgan fingerprint density at radius 2 is 2.09 bits per heavy atom. The van der Waals surface area contributed by atoms with Crippen molar-refractivity contribution in [2.24, 2.45) is 11.3 Å². The van der Waals surface area contributed by atoms with Gasteiger partial charge in [-0.25, -0.2) is 0 Å². The standard InChI is InChI=1S/C16H22B3BrO2/c1-9-7-15(5-4-13(9)22-16(17,18)19)8-10-2-3-11(20)6-12(10)14(15)21/h2-3,6,9,13H,4-5,7-8,17-19H2,1H3/t9-,13-,15-/m0/s1. The van der Waals surface area contributed by atoms with E-state index in [9.17, 15) is 4.79 Å². The predicted octanol–water partition coefficient (Wildman–Crippen LogP) is 0.890. The van der Waals surface area contributed by atoms with Gasteiger partial charge >= 0.3 is 0 Å². The number of benzene rings is 1. The first-order valence-electron chi connectivity index (χ1n) is 8.21. The van der Waals surface area contributed by atoms with Crippen LogP contribution in [0.15, 0.2) is 22.7 Å². The van der Waals surface area contributed by atoms with E-state index >= 15 is 0 Å². The molecule has 2 nitrogen and oxygen atoms in total. The van der Waals surface area contributed by atoms with Crippen LogP contribution in [0.3, 0.4) is 0 Å². The Kier molecular flexibility index (Phi) is 4.14. The summed E-state index contributed by atoms with van der Waals surface area (Å²) in [6.07, 6.45) is 4.05. The van der Waals surface area contributed by atoms with Gasteiger partial charge in [-0.2, -0.15) is 0 Å². The van der Waals surface area contributed by atoms with Gasteiger partial charge in [0.05, 0.1) is 6.10 Å². The number of hydrogen-bond donors (Lipinski definition) is 0. The monoisotopic (exact) mass is 358 g/mol. The number of Topliss-reactive ketones (excluding diaryl/α,β-unsaturated/α-hetero) is 1. The first-order valence-corrected chi connectivity index (χ1v) is 9.01. The van der Waals surface area contributed by atoms with Crippen molar-refractivity contribution in [2.75, 3.05) is 0 Å². The Labute approximate surface area is 144 Å². The number of carbonyl (C=O) groups is 1. The van der Waals surface area contributed by atoms with Crippen molar-refractivity contribution in [3.8, 4) is 0 Å². The average Bonchev–Trinajstić information content (AvgIpc) is 2.66. The predicted molar refractivity (Wildman–Crippen MR) is 101 cm³/mol. The molecule has 2 aliphatic rings. The molecular weight excluding hydrogens is 337 g/mol. The second-order valence-corrected chi connectivity index (χ2v) is 8.99. The van der Waals surface area contributed by atoms with Gasteiger partial charge in [0.2, 0.25) is 0 Å². The van der Waals surface area contributed by atoms with Gasteiger partial charge in [0.25, 0.3) is 0 Å². The van der Waals surface area contributed by atoms with Crippen molar-refractivity contribution in [3.05, 3.63) is 33.8 Å². The first-order chi connectivity index (χ1) is 10.2. The van der Waals surface area contributed by atoms with Crippen LogP contribution in [-0.2, 0) is 11.2 Å². The lowest BCUT2D eigenvalue weighted by atomic mass is 9.52. The fraction of sp³-hybridized carbons (Fsp3) is 0.562. The van der Waals surface area contributed by atoms with E-state index in [0.29, 0.717) is 11.7 Å². The summed E-state index contributed by atoms with van der Waals surface area (Å²) in [4.78, 5) is 13.0. The third-order valence-electron chi connectivity index (χ3n) is 5.09. The second-order valence-electron chi connectivity index (χ2n) is 8.08. The molecule has 0 bridgehead atoms. The SMILES string of the molecule is BC(B)(B)O[C@H]1CC[C@@]2(Cc3ccc(Br)cc3C2=O)C[C@@H]1C. The lowest BCUT2D eigenvalue weighted by molar-refractivity contribution is -0.0370. The van der Waals surface area contributed by atoms with Crippen LogP contribution in [0.2, 0.25) is 0 Å². The first kappa shape index (κ1) is 16.4. The van der Waals surface area contributed by atoms with E-state index in [2.05, 4.69) is 52.5 Å². The smallest absolute Gasteiger partial charge is 0.169 e. The van der Waals surface area contributed by atoms with Gasteiger partial charge in [-0.3, -0.25) is 4.79 Å². The highest BCUT2D eigenvalue weighted by Crippen LogP contribution is 2.50. The Morgan fingerprint density at radius 1 is 1.36 bits per heavy atom. The van der Waals surface area contributed by atoms with Crippen LogP contribution in [0, 0.1) is 11.3 Å². The summed E-state index contributed by atoms with van der Waals surface area (Å²) in [5.74, 6) is 0.777. The highest BCUT2D eigenvalue weighted by molar-refractivity contribution is 9.10. The summed E-state index contributed by atoms with van der Waals surface area (Å²) < 4.78 is 7.20. The summed E-state index contributed by atoms with van der Waals surface area (Å²) in [5.41, 5.74) is 1.97. The number of hydrogen-bond acceptors (Lipinski definition) is 2. The second kappa shape index (κ2) is 5.56. The van der Waals surface area contributed by atoms with E-state index in [1.807, 2.05) is 12.1 Å². The Morgan fingerprint density at radius 3 is 2.73 bits per heavy atom. The number of fused-ring (bicyclic) bond motifs is 1. The largest absolute Gasteiger partial charge is 0.397 e. The topological polar surface area (TPSA) is 26.3 Å². The van der Waals surface area contributed by atoms with Crippen LogP contribution >= 0.6 is 15.9 Å². The average molecular weight is 359 g/mol. The molecule has 0 unspecified atom stereocenters. The molecular formula is C16H22B3BrO2. The molecule has 6 heteroatoms. The molecule has 1 spiro atoms. The summed E-state index contributed by atoms with van der Waals surface area (Å²) >= 11 is 3.49. The maximum atomic E-state index is 13.0. The zero-order valence-corrected chi connectivity index (χ0v) is 15.5. The van der Waals surface area contributed by atoms with Crippen molar-refractivity contribution in [2.45, 2.75) is 44.0 Å². The van der Waals surface area contributed by atoms with Gasteiger partial charge < -0.3 is 4.74 Å². The molecule has 0 saturated heterocycles. The Balaban J connectivity index is 1.80. The molecule has 0 radical (unpaired) electrons. The zero-order chi connectivity index (χ0) is 16.1. The molecule has 0 aromatic heterocycles. The van der Waals surface area contributed by atoms with Crippen molar-refractivity contribution in [3.63, 3.8) is 0 Å². The molecule has 3 atom stereocenters. The van der Waals surface area contributed by atoms with Crippen LogP contribution in [0.4, 0.5) is 0 Å². The van der Waals surface area contributed by atoms with E-state index in [1.54, 1.807) is 0 Å². The molecule has 3 rings (SSSR count). The molecule has 1 aromatic carbocycles. The number of ketones is 1. The third kappa shape index (κ3) is 2.97. The van der Waals surface area contributed by atoms with Crippen molar-refractivity contribution in [1.29, 1.82) is 0 Å². The molecule has 1 fully saturated rings. The number of halogens is 1. The molecule has 1 aromatic rings. The zero-order valence-electron chi connectivity index (χ0n) is 13.9. The van der Waals surface area contributed by atoms with Gasteiger partial charge in [0.15, 0.2) is 5.78 Å². The van der Waals surface area contributed by atoms with Gasteiger partial charge in [-0.1, -0.05) is 28.9 Å². The van der Waals surface area contributed by atoms with Crippen LogP contribution in [0.5, 0.6) is 0 Å².